The molecule has 8 nitrogen and oxygen atoms in total. The van der Waals surface area contributed by atoms with Crippen LogP contribution in [0.2, 0.25) is 0 Å². The highest BCUT2D eigenvalue weighted by Crippen LogP contribution is 2.35. The van der Waals surface area contributed by atoms with Crippen LogP contribution >= 0.6 is 12.2 Å². The molecule has 1 fully saturated rings. The number of hydrogen-bond acceptors (Lipinski definition) is 7. The first-order valence-electron chi connectivity index (χ1n) is 10.7. The highest BCUT2D eigenvalue weighted by Gasteiger charge is 2.19. The van der Waals surface area contributed by atoms with Crippen LogP contribution in [0.3, 0.4) is 0 Å². The molecule has 1 aliphatic rings. The van der Waals surface area contributed by atoms with Gasteiger partial charge in [0.2, 0.25) is 0 Å². The van der Waals surface area contributed by atoms with Gasteiger partial charge in [-0.1, -0.05) is 30.3 Å². The predicted molar refractivity (Wildman–Crippen MR) is 127 cm³/mol. The van der Waals surface area contributed by atoms with E-state index in [4.69, 9.17) is 26.4 Å². The maximum atomic E-state index is 10.1. The van der Waals surface area contributed by atoms with Crippen LogP contribution in [0.15, 0.2) is 59.0 Å². The second-order valence-corrected chi connectivity index (χ2v) is 8.39. The third-order valence-corrected chi connectivity index (χ3v) is 6.17. The Kier molecular flexibility index (Phi) is 4.94. The quantitative estimate of drug-likeness (QED) is 0.381. The minimum Gasteiger partial charge on any atom is -0.508 e. The fourth-order valence-electron chi connectivity index (χ4n) is 4.25. The molecular formula is C24H21N5O3S. The molecule has 0 radical (unpaired) electrons. The van der Waals surface area contributed by atoms with Gasteiger partial charge in [0, 0.05) is 34.9 Å². The Balaban J connectivity index is 1.51. The number of aromatic amines is 1. The highest BCUT2D eigenvalue weighted by atomic mass is 32.1. The van der Waals surface area contributed by atoms with Crippen LogP contribution in [0.25, 0.3) is 44.6 Å². The van der Waals surface area contributed by atoms with Crippen LogP contribution in [-0.2, 0) is 11.4 Å². The fourth-order valence-corrected chi connectivity index (χ4v) is 4.43. The predicted octanol–water partition coefficient (Wildman–Crippen LogP) is 4.56. The van der Waals surface area contributed by atoms with Gasteiger partial charge in [-0.15, -0.1) is 5.10 Å². The second-order valence-electron chi connectivity index (χ2n) is 8.04. The molecule has 166 valence electrons. The lowest BCUT2D eigenvalue weighted by molar-refractivity contribution is 0.0206. The lowest BCUT2D eigenvalue weighted by Gasteiger charge is -2.25. The smallest absolute Gasteiger partial charge is 0.288 e. The summed E-state index contributed by atoms with van der Waals surface area (Å²) in [4.78, 5) is 10.9. The number of hydrogen-bond donors (Lipinski definition) is 2. The average molecular weight is 460 g/mol. The van der Waals surface area contributed by atoms with Gasteiger partial charge in [0.25, 0.3) is 10.7 Å². The molecule has 2 aromatic carbocycles. The molecule has 1 aliphatic heterocycles. The van der Waals surface area contributed by atoms with E-state index in [1.165, 1.54) is 0 Å². The number of morpholine rings is 1. The van der Waals surface area contributed by atoms with Gasteiger partial charge in [-0.2, -0.15) is 0 Å². The monoisotopic (exact) mass is 459 g/mol. The lowest BCUT2D eigenvalue weighted by Crippen LogP contribution is -2.37. The molecule has 3 aromatic heterocycles. The van der Waals surface area contributed by atoms with Crippen LogP contribution in [0, 0.1) is 4.84 Å². The SMILES string of the molecule is Oc1cccc(-c2nc(-c3nn(CN4CCOCC4)c(=S)o3)cc3c2[nH]c2ccccc23)c1. The van der Waals surface area contributed by atoms with E-state index in [1.54, 1.807) is 22.9 Å². The van der Waals surface area contributed by atoms with Crippen molar-refractivity contribution < 1.29 is 14.3 Å². The number of nitrogens with one attached hydrogen (secondary N) is 1. The average Bonchev–Trinajstić information content (AvgIpc) is 3.39. The number of H-pyrrole nitrogens is 1. The first-order valence-corrected chi connectivity index (χ1v) is 11.2. The summed E-state index contributed by atoms with van der Waals surface area (Å²) < 4.78 is 13.0. The van der Waals surface area contributed by atoms with E-state index in [-0.39, 0.29) is 5.75 Å². The van der Waals surface area contributed by atoms with Gasteiger partial charge in [0.15, 0.2) is 0 Å². The number of phenols is 1. The first kappa shape index (κ1) is 20.1. The van der Waals surface area contributed by atoms with Crippen molar-refractivity contribution in [3.63, 3.8) is 0 Å². The Morgan fingerprint density at radius 2 is 1.88 bits per heavy atom. The van der Waals surface area contributed by atoms with E-state index >= 15 is 0 Å². The van der Waals surface area contributed by atoms with Crippen LogP contribution in [-0.4, -0.2) is 56.1 Å². The van der Waals surface area contributed by atoms with Crippen molar-refractivity contribution in [1.82, 2.24) is 24.6 Å². The van der Waals surface area contributed by atoms with Gasteiger partial charge in [-0.3, -0.25) is 4.90 Å². The van der Waals surface area contributed by atoms with E-state index in [9.17, 15) is 5.11 Å². The number of aromatic hydroxyl groups is 1. The molecule has 0 unspecified atom stereocenters. The third-order valence-electron chi connectivity index (χ3n) is 5.88. The van der Waals surface area contributed by atoms with Crippen LogP contribution in [0.4, 0.5) is 0 Å². The van der Waals surface area contributed by atoms with E-state index < -0.39 is 0 Å². The zero-order chi connectivity index (χ0) is 22.4. The molecule has 9 heteroatoms. The second kappa shape index (κ2) is 8.11. The Morgan fingerprint density at radius 1 is 1.03 bits per heavy atom. The van der Waals surface area contributed by atoms with Gasteiger partial charge in [0.1, 0.15) is 11.4 Å². The van der Waals surface area contributed by atoms with Gasteiger partial charge in [-0.05, 0) is 36.5 Å². The normalized spacial score (nSPS) is 14.9. The molecule has 0 atom stereocenters. The molecule has 33 heavy (non-hydrogen) atoms. The lowest BCUT2D eigenvalue weighted by atomic mass is 10.1. The molecule has 1 saturated heterocycles. The Hall–Kier alpha value is -3.53. The van der Waals surface area contributed by atoms with Gasteiger partial charge < -0.3 is 19.2 Å². The molecule has 0 aliphatic carbocycles. The third kappa shape index (κ3) is 3.70. The molecule has 6 rings (SSSR count). The molecular weight excluding hydrogens is 438 g/mol. The molecule has 0 saturated carbocycles. The number of benzene rings is 2. The van der Waals surface area contributed by atoms with E-state index in [0.717, 1.165) is 40.5 Å². The van der Waals surface area contributed by atoms with E-state index in [0.29, 0.717) is 42.0 Å². The maximum absolute atomic E-state index is 10.1. The largest absolute Gasteiger partial charge is 0.508 e. The number of pyridine rings is 1. The van der Waals surface area contributed by atoms with E-state index in [1.807, 2.05) is 30.3 Å². The Labute approximate surface area is 194 Å². The number of ether oxygens (including phenoxy) is 1. The number of rotatable bonds is 4. The summed E-state index contributed by atoms with van der Waals surface area (Å²) in [6.45, 7) is 3.59. The van der Waals surface area contributed by atoms with Gasteiger partial charge in [-0.25, -0.2) is 9.67 Å². The topological polar surface area (TPSA) is 92.3 Å². The van der Waals surface area contributed by atoms with Gasteiger partial charge in [0.05, 0.1) is 31.1 Å². The minimum absolute atomic E-state index is 0.177. The molecule has 5 aromatic rings. The Bertz CT molecular complexity index is 1530. The van der Waals surface area contributed by atoms with Crippen molar-refractivity contribution in [2.75, 3.05) is 26.3 Å². The summed E-state index contributed by atoms with van der Waals surface area (Å²) in [5.74, 6) is 0.540. The van der Waals surface area contributed by atoms with Crippen LogP contribution in [0.5, 0.6) is 5.75 Å². The van der Waals surface area contributed by atoms with Crippen molar-refractivity contribution in [2.45, 2.75) is 6.67 Å². The molecule has 4 heterocycles. The maximum Gasteiger partial charge on any atom is 0.288 e. The number of fused-ring (bicyclic) bond motifs is 3. The molecule has 2 N–H and O–H groups in total. The number of aromatic nitrogens is 4. The number of para-hydroxylation sites is 1. The van der Waals surface area contributed by atoms with Crippen LogP contribution < -0.4 is 0 Å². The van der Waals surface area contributed by atoms with E-state index in [2.05, 4.69) is 21.0 Å². The minimum atomic E-state index is 0.177. The van der Waals surface area contributed by atoms with Gasteiger partial charge >= 0.3 is 0 Å². The Morgan fingerprint density at radius 3 is 2.73 bits per heavy atom. The summed E-state index contributed by atoms with van der Waals surface area (Å²) in [6.07, 6.45) is 0. The number of nitrogens with zero attached hydrogens (tertiary/aromatic N) is 4. The zero-order valence-corrected chi connectivity index (χ0v) is 18.5. The molecule has 0 spiro atoms. The molecule has 0 bridgehead atoms. The summed E-state index contributed by atoms with van der Waals surface area (Å²) in [7, 11) is 0. The number of phenolic OH excluding ortho intramolecular Hbond substituents is 1. The summed E-state index contributed by atoms with van der Waals surface area (Å²) >= 11 is 5.45. The summed E-state index contributed by atoms with van der Waals surface area (Å²) in [6, 6.07) is 17.1. The van der Waals surface area contributed by atoms with Crippen molar-refractivity contribution >= 4 is 34.0 Å². The summed E-state index contributed by atoms with van der Waals surface area (Å²) in [5.41, 5.74) is 3.97. The highest BCUT2D eigenvalue weighted by molar-refractivity contribution is 7.71. The van der Waals surface area contributed by atoms with Crippen molar-refractivity contribution in [1.29, 1.82) is 0 Å². The standard InChI is InChI=1S/C24H21N5O3S/c30-16-5-3-4-15(12-16)21-22-18(17-6-1-2-7-19(17)25-22)13-20(26-21)23-27-29(24(33)32-23)14-28-8-10-31-11-9-28/h1-7,12-13,25,30H,8-11,14H2. The fraction of sp³-hybridized carbons (Fsp3) is 0.208. The van der Waals surface area contributed by atoms with Crippen molar-refractivity contribution in [3.8, 4) is 28.6 Å². The summed E-state index contributed by atoms with van der Waals surface area (Å²) in [5, 5.41) is 16.8. The molecule has 0 amide bonds. The van der Waals surface area contributed by atoms with Crippen molar-refractivity contribution in [3.05, 3.63) is 59.4 Å². The van der Waals surface area contributed by atoms with Crippen molar-refractivity contribution in [2.24, 2.45) is 0 Å². The van der Waals surface area contributed by atoms with Crippen LogP contribution in [0.1, 0.15) is 0 Å². The first-order chi connectivity index (χ1) is 16.2. The zero-order valence-electron chi connectivity index (χ0n) is 17.7.